The number of hydrogen-bond acceptors (Lipinski definition) is 5. The zero-order valence-corrected chi connectivity index (χ0v) is 12.1. The Kier molecular flexibility index (Phi) is 3.87. The van der Waals surface area contributed by atoms with Crippen molar-refractivity contribution >= 4 is 34.7 Å². The standard InChI is InChI=1S/C13H9ClN2OS2/c14-10-5-2-1-4-9(10)8-19-13-16-15-12(17-13)11-6-3-7-18-11/h1-7H,8H2. The maximum absolute atomic E-state index is 6.10. The molecule has 3 nitrogen and oxygen atoms in total. The van der Waals surface area contributed by atoms with E-state index in [0.29, 0.717) is 16.9 Å². The first-order valence-electron chi connectivity index (χ1n) is 5.56. The van der Waals surface area contributed by atoms with Crippen molar-refractivity contribution in [1.82, 2.24) is 10.2 Å². The average Bonchev–Trinajstić information content (AvgIpc) is 3.09. The second-order valence-corrected chi connectivity index (χ2v) is 6.01. The summed E-state index contributed by atoms with van der Waals surface area (Å²) in [5.74, 6) is 1.28. The van der Waals surface area contributed by atoms with Gasteiger partial charge < -0.3 is 4.42 Å². The van der Waals surface area contributed by atoms with Gasteiger partial charge >= 0.3 is 0 Å². The van der Waals surface area contributed by atoms with Gasteiger partial charge in [-0.1, -0.05) is 47.6 Å². The molecule has 1 aromatic carbocycles. The number of halogens is 1. The predicted octanol–water partition coefficient (Wildman–Crippen LogP) is 4.74. The fraction of sp³-hybridized carbons (Fsp3) is 0.0769. The lowest BCUT2D eigenvalue weighted by Crippen LogP contribution is -1.81. The van der Waals surface area contributed by atoms with E-state index in [1.165, 1.54) is 11.8 Å². The maximum atomic E-state index is 6.10. The molecule has 0 aliphatic carbocycles. The quantitative estimate of drug-likeness (QED) is 0.652. The molecule has 0 fully saturated rings. The Morgan fingerprint density at radius 1 is 1.16 bits per heavy atom. The van der Waals surface area contributed by atoms with E-state index in [2.05, 4.69) is 10.2 Å². The van der Waals surface area contributed by atoms with Gasteiger partial charge in [0, 0.05) is 10.8 Å². The first kappa shape index (κ1) is 12.7. The highest BCUT2D eigenvalue weighted by Crippen LogP contribution is 2.29. The fourth-order valence-corrected chi connectivity index (χ4v) is 3.22. The summed E-state index contributed by atoms with van der Waals surface area (Å²) in [5, 5.41) is 11.4. The highest BCUT2D eigenvalue weighted by Gasteiger charge is 2.10. The van der Waals surface area contributed by atoms with E-state index in [1.54, 1.807) is 11.3 Å². The van der Waals surface area contributed by atoms with Crippen LogP contribution >= 0.6 is 34.7 Å². The van der Waals surface area contributed by atoms with Gasteiger partial charge in [0.1, 0.15) is 0 Å². The van der Waals surface area contributed by atoms with Gasteiger partial charge in [0.05, 0.1) is 4.88 Å². The second kappa shape index (κ2) is 5.77. The summed E-state index contributed by atoms with van der Waals surface area (Å²) in [6, 6.07) is 11.7. The summed E-state index contributed by atoms with van der Waals surface area (Å²) in [4.78, 5) is 0.983. The normalized spacial score (nSPS) is 10.8. The van der Waals surface area contributed by atoms with Gasteiger partial charge in [-0.2, -0.15) is 0 Å². The van der Waals surface area contributed by atoms with E-state index in [-0.39, 0.29) is 0 Å². The molecule has 6 heteroatoms. The third-order valence-corrected chi connectivity index (χ3v) is 4.54. The third-order valence-electron chi connectivity index (χ3n) is 2.45. The molecule has 0 unspecified atom stereocenters. The van der Waals surface area contributed by atoms with Crippen molar-refractivity contribution in [2.24, 2.45) is 0 Å². The van der Waals surface area contributed by atoms with Crippen molar-refractivity contribution in [2.75, 3.05) is 0 Å². The smallest absolute Gasteiger partial charge is 0.277 e. The highest BCUT2D eigenvalue weighted by molar-refractivity contribution is 7.98. The first-order chi connectivity index (χ1) is 9.33. The average molecular weight is 309 g/mol. The molecule has 0 spiro atoms. The lowest BCUT2D eigenvalue weighted by molar-refractivity contribution is 0.466. The molecule has 19 heavy (non-hydrogen) atoms. The summed E-state index contributed by atoms with van der Waals surface area (Å²) in [6.45, 7) is 0. The molecular weight excluding hydrogens is 300 g/mol. The molecule has 0 amide bonds. The minimum absolute atomic E-state index is 0.559. The molecule has 2 aromatic heterocycles. The molecule has 96 valence electrons. The van der Waals surface area contributed by atoms with Crippen LogP contribution in [0.15, 0.2) is 51.4 Å². The van der Waals surface area contributed by atoms with Crippen molar-refractivity contribution in [3.05, 3.63) is 52.4 Å². The zero-order valence-electron chi connectivity index (χ0n) is 9.75. The molecule has 0 aliphatic heterocycles. The van der Waals surface area contributed by atoms with E-state index in [1.807, 2.05) is 41.8 Å². The molecule has 0 atom stereocenters. The second-order valence-electron chi connectivity index (χ2n) is 3.73. The van der Waals surface area contributed by atoms with Crippen molar-refractivity contribution in [3.63, 3.8) is 0 Å². The van der Waals surface area contributed by atoms with Crippen LogP contribution in [0.2, 0.25) is 5.02 Å². The van der Waals surface area contributed by atoms with Crippen LogP contribution in [0.3, 0.4) is 0 Å². The molecule has 2 heterocycles. The van der Waals surface area contributed by atoms with Gasteiger partial charge in [0.2, 0.25) is 0 Å². The number of thioether (sulfide) groups is 1. The fourth-order valence-electron chi connectivity index (χ4n) is 1.52. The number of hydrogen-bond donors (Lipinski definition) is 0. The van der Waals surface area contributed by atoms with Gasteiger partial charge in [-0.3, -0.25) is 0 Å². The van der Waals surface area contributed by atoms with Crippen LogP contribution in [-0.2, 0) is 5.75 Å². The van der Waals surface area contributed by atoms with E-state index < -0.39 is 0 Å². The minimum Gasteiger partial charge on any atom is -0.410 e. The molecule has 0 radical (unpaired) electrons. The molecule has 0 N–H and O–H groups in total. The summed E-state index contributed by atoms with van der Waals surface area (Å²) in [7, 11) is 0. The Labute approximate surface area is 123 Å². The van der Waals surface area contributed by atoms with Crippen LogP contribution in [0.25, 0.3) is 10.8 Å². The Morgan fingerprint density at radius 3 is 2.84 bits per heavy atom. The Bertz CT molecular complexity index is 667. The largest absolute Gasteiger partial charge is 0.410 e. The highest BCUT2D eigenvalue weighted by atomic mass is 35.5. The molecule has 3 aromatic rings. The zero-order chi connectivity index (χ0) is 13.1. The van der Waals surface area contributed by atoms with Gasteiger partial charge in [0.15, 0.2) is 0 Å². The summed E-state index contributed by atoms with van der Waals surface area (Å²) < 4.78 is 5.60. The van der Waals surface area contributed by atoms with Crippen LogP contribution in [-0.4, -0.2) is 10.2 Å². The Balaban J connectivity index is 1.70. The molecule has 0 saturated heterocycles. The SMILES string of the molecule is Clc1ccccc1CSc1nnc(-c2cccs2)o1. The van der Waals surface area contributed by atoms with Gasteiger partial charge in [-0.15, -0.1) is 21.5 Å². The monoisotopic (exact) mass is 308 g/mol. The molecule has 0 bridgehead atoms. The molecule has 0 aliphatic rings. The van der Waals surface area contributed by atoms with Crippen LogP contribution < -0.4 is 0 Å². The van der Waals surface area contributed by atoms with Crippen molar-refractivity contribution < 1.29 is 4.42 Å². The van der Waals surface area contributed by atoms with Gasteiger partial charge in [-0.05, 0) is 23.1 Å². The summed E-state index contributed by atoms with van der Waals surface area (Å²) >= 11 is 9.16. The summed E-state index contributed by atoms with van der Waals surface area (Å²) in [6.07, 6.45) is 0. The maximum Gasteiger partial charge on any atom is 0.277 e. The number of aromatic nitrogens is 2. The van der Waals surface area contributed by atoms with E-state index in [0.717, 1.165) is 15.5 Å². The predicted molar refractivity (Wildman–Crippen MR) is 78.6 cm³/mol. The Hall–Kier alpha value is -1.30. The van der Waals surface area contributed by atoms with Crippen LogP contribution in [0.1, 0.15) is 5.56 Å². The van der Waals surface area contributed by atoms with Crippen molar-refractivity contribution in [3.8, 4) is 10.8 Å². The van der Waals surface area contributed by atoms with Crippen LogP contribution in [0.4, 0.5) is 0 Å². The lowest BCUT2D eigenvalue weighted by atomic mass is 10.2. The molecule has 3 rings (SSSR count). The van der Waals surface area contributed by atoms with E-state index >= 15 is 0 Å². The number of benzene rings is 1. The lowest BCUT2D eigenvalue weighted by Gasteiger charge is -2.00. The minimum atomic E-state index is 0.559. The van der Waals surface area contributed by atoms with Gasteiger partial charge in [0.25, 0.3) is 11.1 Å². The number of thiophene rings is 1. The summed E-state index contributed by atoms with van der Waals surface area (Å²) in [5.41, 5.74) is 1.06. The number of nitrogens with zero attached hydrogens (tertiary/aromatic N) is 2. The van der Waals surface area contributed by atoms with Gasteiger partial charge in [-0.25, -0.2) is 0 Å². The first-order valence-corrected chi connectivity index (χ1v) is 7.81. The van der Waals surface area contributed by atoms with E-state index in [9.17, 15) is 0 Å². The third kappa shape index (κ3) is 3.00. The Morgan fingerprint density at radius 2 is 2.05 bits per heavy atom. The van der Waals surface area contributed by atoms with Crippen LogP contribution in [0.5, 0.6) is 0 Å². The molecular formula is C13H9ClN2OS2. The van der Waals surface area contributed by atoms with Crippen molar-refractivity contribution in [2.45, 2.75) is 11.0 Å². The van der Waals surface area contributed by atoms with Crippen LogP contribution in [0, 0.1) is 0 Å². The number of rotatable bonds is 4. The van der Waals surface area contributed by atoms with Crippen molar-refractivity contribution in [1.29, 1.82) is 0 Å². The molecule has 0 saturated carbocycles. The van der Waals surface area contributed by atoms with E-state index in [4.69, 9.17) is 16.0 Å². The topological polar surface area (TPSA) is 38.9 Å².